The monoisotopic (exact) mass is 311 g/mol. The number of guanidine groups is 1. The van der Waals surface area contributed by atoms with E-state index in [0.29, 0.717) is 12.5 Å². The fourth-order valence-corrected chi connectivity index (χ4v) is 2.52. The average molecular weight is 311 g/mol. The summed E-state index contributed by atoms with van der Waals surface area (Å²) in [4.78, 5) is 8.66. The van der Waals surface area contributed by atoms with Gasteiger partial charge in [0.05, 0.1) is 6.54 Å². The first-order valence-electron chi connectivity index (χ1n) is 7.60. The van der Waals surface area contributed by atoms with E-state index in [2.05, 4.69) is 45.3 Å². The summed E-state index contributed by atoms with van der Waals surface area (Å²) in [6, 6.07) is 0. The van der Waals surface area contributed by atoms with Crippen molar-refractivity contribution < 1.29 is 0 Å². The summed E-state index contributed by atoms with van der Waals surface area (Å²) in [7, 11) is 1.80. The molecule has 1 rings (SSSR count). The van der Waals surface area contributed by atoms with E-state index >= 15 is 0 Å². The SMILES string of the molecule is CN=C(NCCCCSC)NCc1nccn1CC(C)C. The van der Waals surface area contributed by atoms with Crippen LogP contribution in [-0.4, -0.2) is 41.1 Å². The molecule has 6 heteroatoms. The van der Waals surface area contributed by atoms with Crippen molar-refractivity contribution in [1.29, 1.82) is 0 Å². The third-order valence-corrected chi connectivity index (χ3v) is 3.77. The molecule has 0 amide bonds. The molecule has 2 N–H and O–H groups in total. The molecule has 0 saturated heterocycles. The molecule has 120 valence electrons. The predicted octanol–water partition coefficient (Wildman–Crippen LogP) is 2.35. The number of aromatic nitrogens is 2. The van der Waals surface area contributed by atoms with Gasteiger partial charge in [-0.25, -0.2) is 4.98 Å². The van der Waals surface area contributed by atoms with Gasteiger partial charge in [-0.2, -0.15) is 11.8 Å². The fraction of sp³-hybridized carbons (Fsp3) is 0.733. The third-order valence-electron chi connectivity index (χ3n) is 3.07. The highest BCUT2D eigenvalue weighted by atomic mass is 32.2. The number of aliphatic imine (C=N–C) groups is 1. The number of thioether (sulfide) groups is 1. The van der Waals surface area contributed by atoms with Crippen molar-refractivity contribution in [1.82, 2.24) is 20.2 Å². The van der Waals surface area contributed by atoms with Crippen LogP contribution in [0.4, 0.5) is 0 Å². The standard InChI is InChI=1S/C15H29N5S/c1-13(2)12-20-9-8-17-14(20)11-19-15(16-3)18-7-5-6-10-21-4/h8-9,13H,5-7,10-12H2,1-4H3,(H2,16,18,19). The Kier molecular flexibility index (Phi) is 8.98. The van der Waals surface area contributed by atoms with Crippen LogP contribution in [0.1, 0.15) is 32.5 Å². The molecule has 1 heterocycles. The maximum atomic E-state index is 4.41. The summed E-state index contributed by atoms with van der Waals surface area (Å²) in [6.45, 7) is 7.08. The molecule has 0 aliphatic heterocycles. The topological polar surface area (TPSA) is 54.2 Å². The van der Waals surface area contributed by atoms with Gasteiger partial charge in [0.2, 0.25) is 0 Å². The second-order valence-corrected chi connectivity index (χ2v) is 6.43. The molecule has 0 bridgehead atoms. The summed E-state index contributed by atoms with van der Waals surface area (Å²) in [5.41, 5.74) is 0. The Bertz CT molecular complexity index is 414. The van der Waals surface area contributed by atoms with E-state index < -0.39 is 0 Å². The summed E-state index contributed by atoms with van der Waals surface area (Å²) < 4.78 is 2.20. The van der Waals surface area contributed by atoms with Crippen molar-refractivity contribution in [3.8, 4) is 0 Å². The van der Waals surface area contributed by atoms with Crippen LogP contribution in [0.25, 0.3) is 0 Å². The van der Waals surface area contributed by atoms with Gasteiger partial charge in [0.25, 0.3) is 0 Å². The predicted molar refractivity (Wildman–Crippen MR) is 92.9 cm³/mol. The lowest BCUT2D eigenvalue weighted by atomic mass is 10.2. The van der Waals surface area contributed by atoms with E-state index in [0.717, 1.165) is 24.9 Å². The molecule has 0 fully saturated rings. The second kappa shape index (κ2) is 10.5. The number of hydrogen-bond donors (Lipinski definition) is 2. The number of nitrogens with zero attached hydrogens (tertiary/aromatic N) is 3. The molecule has 0 atom stereocenters. The molecule has 0 aromatic carbocycles. The fourth-order valence-electron chi connectivity index (χ4n) is 2.03. The van der Waals surface area contributed by atoms with Crippen molar-refractivity contribution in [2.45, 2.75) is 39.8 Å². The van der Waals surface area contributed by atoms with Gasteiger partial charge in [0.1, 0.15) is 5.82 Å². The molecule has 0 radical (unpaired) electrons. The zero-order valence-electron chi connectivity index (χ0n) is 13.7. The number of hydrogen-bond acceptors (Lipinski definition) is 3. The van der Waals surface area contributed by atoms with E-state index in [9.17, 15) is 0 Å². The van der Waals surface area contributed by atoms with Gasteiger partial charge >= 0.3 is 0 Å². The molecule has 0 aliphatic rings. The van der Waals surface area contributed by atoms with Gasteiger partial charge in [-0.3, -0.25) is 4.99 Å². The van der Waals surface area contributed by atoms with E-state index in [1.54, 1.807) is 7.05 Å². The quantitative estimate of drug-likeness (QED) is 0.417. The Morgan fingerprint density at radius 1 is 1.38 bits per heavy atom. The third kappa shape index (κ3) is 7.41. The maximum absolute atomic E-state index is 4.41. The lowest BCUT2D eigenvalue weighted by Gasteiger charge is -2.14. The second-order valence-electron chi connectivity index (χ2n) is 5.44. The van der Waals surface area contributed by atoms with Crippen LogP contribution in [0.5, 0.6) is 0 Å². The van der Waals surface area contributed by atoms with Crippen LogP contribution in [0.3, 0.4) is 0 Å². The molecule has 0 spiro atoms. The van der Waals surface area contributed by atoms with Crippen LogP contribution >= 0.6 is 11.8 Å². The van der Waals surface area contributed by atoms with Crippen molar-refractivity contribution >= 4 is 17.7 Å². The highest BCUT2D eigenvalue weighted by Crippen LogP contribution is 2.03. The summed E-state index contributed by atoms with van der Waals surface area (Å²) in [6.07, 6.45) is 8.45. The normalized spacial score (nSPS) is 12.0. The molecule has 1 aromatic heterocycles. The van der Waals surface area contributed by atoms with Crippen LogP contribution in [0.2, 0.25) is 0 Å². The Morgan fingerprint density at radius 2 is 2.19 bits per heavy atom. The molecule has 0 saturated carbocycles. The average Bonchev–Trinajstić information content (AvgIpc) is 2.88. The highest BCUT2D eigenvalue weighted by molar-refractivity contribution is 7.98. The van der Waals surface area contributed by atoms with Crippen LogP contribution in [-0.2, 0) is 13.1 Å². The van der Waals surface area contributed by atoms with Crippen LogP contribution in [0, 0.1) is 5.92 Å². The largest absolute Gasteiger partial charge is 0.356 e. The van der Waals surface area contributed by atoms with Crippen LogP contribution in [0.15, 0.2) is 17.4 Å². The maximum Gasteiger partial charge on any atom is 0.191 e. The Balaban J connectivity index is 2.33. The van der Waals surface area contributed by atoms with Crippen molar-refractivity contribution in [2.75, 3.05) is 25.6 Å². The molecule has 21 heavy (non-hydrogen) atoms. The zero-order chi connectivity index (χ0) is 15.5. The lowest BCUT2D eigenvalue weighted by molar-refractivity contribution is 0.503. The van der Waals surface area contributed by atoms with Gasteiger partial charge in [-0.1, -0.05) is 13.8 Å². The lowest BCUT2D eigenvalue weighted by Crippen LogP contribution is -2.38. The van der Waals surface area contributed by atoms with Gasteiger partial charge < -0.3 is 15.2 Å². The molecule has 0 aliphatic carbocycles. The molecule has 0 unspecified atom stereocenters. The number of imidazole rings is 1. The smallest absolute Gasteiger partial charge is 0.191 e. The minimum Gasteiger partial charge on any atom is -0.356 e. The zero-order valence-corrected chi connectivity index (χ0v) is 14.5. The van der Waals surface area contributed by atoms with Crippen molar-refractivity contribution in [3.05, 3.63) is 18.2 Å². The van der Waals surface area contributed by atoms with Gasteiger partial charge in [0, 0.05) is 32.5 Å². The first kappa shape index (κ1) is 17.9. The molecular weight excluding hydrogens is 282 g/mol. The van der Waals surface area contributed by atoms with Crippen molar-refractivity contribution in [2.24, 2.45) is 10.9 Å². The number of rotatable bonds is 9. The first-order valence-corrected chi connectivity index (χ1v) is 9.00. The number of unbranched alkanes of at least 4 members (excludes halogenated alkanes) is 1. The van der Waals surface area contributed by atoms with E-state index in [4.69, 9.17) is 0 Å². The van der Waals surface area contributed by atoms with Gasteiger partial charge in [-0.15, -0.1) is 0 Å². The summed E-state index contributed by atoms with van der Waals surface area (Å²) >= 11 is 1.90. The Morgan fingerprint density at radius 3 is 2.86 bits per heavy atom. The van der Waals surface area contributed by atoms with Gasteiger partial charge in [-0.05, 0) is 30.8 Å². The highest BCUT2D eigenvalue weighted by Gasteiger charge is 2.05. The molecular formula is C15H29N5S. The van der Waals surface area contributed by atoms with Crippen molar-refractivity contribution in [3.63, 3.8) is 0 Å². The van der Waals surface area contributed by atoms with E-state index in [-0.39, 0.29) is 0 Å². The first-order chi connectivity index (χ1) is 10.2. The number of nitrogens with one attached hydrogen (secondary N) is 2. The summed E-state index contributed by atoms with van der Waals surface area (Å²) in [5.74, 6) is 3.74. The minimum atomic E-state index is 0.617. The molecule has 1 aromatic rings. The Labute approximate surface area is 133 Å². The summed E-state index contributed by atoms with van der Waals surface area (Å²) in [5, 5.41) is 6.67. The van der Waals surface area contributed by atoms with E-state index in [1.807, 2.05) is 24.2 Å². The minimum absolute atomic E-state index is 0.617. The Hall–Kier alpha value is -1.17. The molecule has 5 nitrogen and oxygen atoms in total. The van der Waals surface area contributed by atoms with E-state index in [1.165, 1.54) is 18.6 Å². The van der Waals surface area contributed by atoms with Gasteiger partial charge in [0.15, 0.2) is 5.96 Å². The van der Waals surface area contributed by atoms with Crippen LogP contribution < -0.4 is 10.6 Å².